The van der Waals surface area contributed by atoms with Gasteiger partial charge in [0.05, 0.1) is 0 Å². The van der Waals surface area contributed by atoms with E-state index in [0.717, 1.165) is 18.7 Å². The summed E-state index contributed by atoms with van der Waals surface area (Å²) < 4.78 is 7.48. The maximum atomic E-state index is 6.24. The van der Waals surface area contributed by atoms with Gasteiger partial charge in [-0.05, 0) is 43.2 Å². The van der Waals surface area contributed by atoms with Crippen molar-refractivity contribution < 1.29 is 4.52 Å². The maximum Gasteiger partial charge on any atom is 0.246 e. The van der Waals surface area contributed by atoms with Crippen LogP contribution in [-0.4, -0.2) is 14.7 Å². The second-order valence-electron chi connectivity index (χ2n) is 6.08. The molecule has 1 fully saturated rings. The molecule has 2 aliphatic rings. The van der Waals surface area contributed by atoms with Gasteiger partial charge in [-0.15, -0.1) is 0 Å². The molecule has 5 heteroatoms. The zero-order valence-electron chi connectivity index (χ0n) is 11.6. The Balaban J connectivity index is 1.54. The Morgan fingerprint density at radius 1 is 1.25 bits per heavy atom. The fourth-order valence-corrected chi connectivity index (χ4v) is 3.04. The topological polar surface area (TPSA) is 69.9 Å². The predicted octanol–water partition coefficient (Wildman–Crippen LogP) is 2.52. The Bertz CT molecular complexity index is 611. The first-order chi connectivity index (χ1) is 9.79. The van der Waals surface area contributed by atoms with Crippen molar-refractivity contribution in [1.82, 2.24) is 14.7 Å². The molecular formula is C15H20N4O. The molecule has 0 bridgehead atoms. The summed E-state index contributed by atoms with van der Waals surface area (Å²) in [4.78, 5) is 4.48. The van der Waals surface area contributed by atoms with Crippen molar-refractivity contribution in [1.29, 1.82) is 0 Å². The molecule has 0 amide bonds. The quantitative estimate of drug-likeness (QED) is 0.872. The molecule has 0 spiro atoms. The molecule has 106 valence electrons. The first-order valence-electron chi connectivity index (χ1n) is 7.56. The van der Waals surface area contributed by atoms with E-state index in [0.29, 0.717) is 18.4 Å². The Kier molecular flexibility index (Phi) is 2.88. The SMILES string of the molecule is NC1CCCCc2cn(Cc3nc(C4CC4)no3)cc21. The first-order valence-corrected chi connectivity index (χ1v) is 7.56. The minimum absolute atomic E-state index is 0.179. The van der Waals surface area contributed by atoms with E-state index in [-0.39, 0.29) is 6.04 Å². The average molecular weight is 272 g/mol. The third-order valence-corrected chi connectivity index (χ3v) is 4.35. The second-order valence-corrected chi connectivity index (χ2v) is 6.08. The Morgan fingerprint density at radius 2 is 2.15 bits per heavy atom. The summed E-state index contributed by atoms with van der Waals surface area (Å²) in [6, 6.07) is 0.179. The highest BCUT2D eigenvalue weighted by Gasteiger charge is 2.28. The van der Waals surface area contributed by atoms with Gasteiger partial charge in [-0.25, -0.2) is 0 Å². The molecule has 1 saturated carbocycles. The van der Waals surface area contributed by atoms with Crippen LogP contribution in [0.15, 0.2) is 16.9 Å². The molecular weight excluding hydrogens is 252 g/mol. The fraction of sp³-hybridized carbons (Fsp3) is 0.600. The predicted molar refractivity (Wildman–Crippen MR) is 74.3 cm³/mol. The molecule has 2 aromatic heterocycles. The van der Waals surface area contributed by atoms with Gasteiger partial charge >= 0.3 is 0 Å². The van der Waals surface area contributed by atoms with E-state index in [2.05, 4.69) is 27.1 Å². The number of hydrogen-bond acceptors (Lipinski definition) is 4. The van der Waals surface area contributed by atoms with Gasteiger partial charge in [0.1, 0.15) is 6.54 Å². The van der Waals surface area contributed by atoms with Crippen LogP contribution in [0.3, 0.4) is 0 Å². The number of aryl methyl sites for hydroxylation is 1. The van der Waals surface area contributed by atoms with Crippen LogP contribution in [0, 0.1) is 0 Å². The van der Waals surface area contributed by atoms with Gasteiger partial charge in [0.25, 0.3) is 0 Å². The minimum Gasteiger partial charge on any atom is -0.344 e. The van der Waals surface area contributed by atoms with Gasteiger partial charge in [-0.1, -0.05) is 11.6 Å². The molecule has 1 atom stereocenters. The molecule has 0 saturated heterocycles. The standard InChI is InChI=1S/C15H20N4O/c16-13-4-2-1-3-11-7-19(8-12(11)13)9-14-17-15(18-20-14)10-5-6-10/h7-8,10,13H,1-6,9,16H2. The van der Waals surface area contributed by atoms with Crippen molar-refractivity contribution in [2.75, 3.05) is 0 Å². The molecule has 20 heavy (non-hydrogen) atoms. The summed E-state index contributed by atoms with van der Waals surface area (Å²) in [7, 11) is 0. The van der Waals surface area contributed by atoms with Gasteiger partial charge < -0.3 is 14.8 Å². The number of aromatic nitrogens is 3. The van der Waals surface area contributed by atoms with Crippen LogP contribution in [0.2, 0.25) is 0 Å². The van der Waals surface area contributed by atoms with Crippen LogP contribution in [0.1, 0.15) is 66.9 Å². The minimum atomic E-state index is 0.179. The lowest BCUT2D eigenvalue weighted by Gasteiger charge is -2.07. The van der Waals surface area contributed by atoms with E-state index in [9.17, 15) is 0 Å². The summed E-state index contributed by atoms with van der Waals surface area (Å²) >= 11 is 0. The van der Waals surface area contributed by atoms with Gasteiger partial charge in [0.15, 0.2) is 5.82 Å². The zero-order valence-corrected chi connectivity index (χ0v) is 11.6. The van der Waals surface area contributed by atoms with E-state index in [1.807, 2.05) is 0 Å². The number of rotatable bonds is 3. The van der Waals surface area contributed by atoms with E-state index in [4.69, 9.17) is 10.3 Å². The summed E-state index contributed by atoms with van der Waals surface area (Å²) in [5.74, 6) is 2.12. The molecule has 2 aromatic rings. The van der Waals surface area contributed by atoms with Crippen molar-refractivity contribution in [2.24, 2.45) is 5.73 Å². The molecule has 2 heterocycles. The third-order valence-electron chi connectivity index (χ3n) is 4.35. The molecule has 0 radical (unpaired) electrons. The fourth-order valence-electron chi connectivity index (χ4n) is 3.04. The zero-order chi connectivity index (χ0) is 13.5. The number of fused-ring (bicyclic) bond motifs is 1. The third kappa shape index (κ3) is 2.26. The van der Waals surface area contributed by atoms with E-state index in [1.54, 1.807) is 0 Å². The lowest BCUT2D eigenvalue weighted by Crippen LogP contribution is -2.09. The van der Waals surface area contributed by atoms with Crippen molar-refractivity contribution >= 4 is 0 Å². The van der Waals surface area contributed by atoms with Crippen molar-refractivity contribution in [3.63, 3.8) is 0 Å². The summed E-state index contributed by atoms with van der Waals surface area (Å²) in [5.41, 5.74) is 8.92. The Morgan fingerprint density at radius 3 is 3.00 bits per heavy atom. The summed E-state index contributed by atoms with van der Waals surface area (Å²) in [6.07, 6.45) is 11.4. The van der Waals surface area contributed by atoms with Crippen molar-refractivity contribution in [3.8, 4) is 0 Å². The van der Waals surface area contributed by atoms with Crippen LogP contribution in [-0.2, 0) is 13.0 Å². The molecule has 0 aromatic carbocycles. The van der Waals surface area contributed by atoms with E-state index >= 15 is 0 Å². The van der Waals surface area contributed by atoms with Crippen LogP contribution in [0.25, 0.3) is 0 Å². The molecule has 1 unspecified atom stereocenters. The summed E-state index contributed by atoms with van der Waals surface area (Å²) in [5, 5.41) is 4.06. The van der Waals surface area contributed by atoms with Gasteiger partial charge in [-0.2, -0.15) is 4.98 Å². The normalized spacial score (nSPS) is 22.6. The molecule has 0 aliphatic heterocycles. The van der Waals surface area contributed by atoms with E-state index in [1.165, 1.54) is 36.8 Å². The number of nitrogens with zero attached hydrogens (tertiary/aromatic N) is 3. The lowest BCUT2D eigenvalue weighted by atomic mass is 10.1. The maximum absolute atomic E-state index is 6.24. The van der Waals surface area contributed by atoms with Crippen LogP contribution in [0.4, 0.5) is 0 Å². The molecule has 5 nitrogen and oxygen atoms in total. The van der Waals surface area contributed by atoms with Gasteiger partial charge in [0.2, 0.25) is 5.89 Å². The molecule has 2 aliphatic carbocycles. The second kappa shape index (κ2) is 4.74. The molecule has 4 rings (SSSR count). The Labute approximate surface area is 118 Å². The van der Waals surface area contributed by atoms with Crippen molar-refractivity contribution in [2.45, 2.75) is 57.0 Å². The largest absolute Gasteiger partial charge is 0.344 e. The smallest absolute Gasteiger partial charge is 0.246 e. The summed E-state index contributed by atoms with van der Waals surface area (Å²) in [6.45, 7) is 0.652. The highest BCUT2D eigenvalue weighted by atomic mass is 16.5. The van der Waals surface area contributed by atoms with Gasteiger partial charge in [-0.3, -0.25) is 0 Å². The number of nitrogens with two attached hydrogens (primary N) is 1. The average Bonchev–Trinajstić information content (AvgIpc) is 3.10. The van der Waals surface area contributed by atoms with E-state index < -0.39 is 0 Å². The van der Waals surface area contributed by atoms with Crippen LogP contribution >= 0.6 is 0 Å². The van der Waals surface area contributed by atoms with Gasteiger partial charge in [0, 0.05) is 24.4 Å². The monoisotopic (exact) mass is 272 g/mol. The highest BCUT2D eigenvalue weighted by Crippen LogP contribution is 2.38. The van der Waals surface area contributed by atoms with Crippen LogP contribution in [0.5, 0.6) is 0 Å². The first kappa shape index (κ1) is 12.1. The van der Waals surface area contributed by atoms with Crippen LogP contribution < -0.4 is 5.73 Å². The highest BCUT2D eigenvalue weighted by molar-refractivity contribution is 5.29. The lowest BCUT2D eigenvalue weighted by molar-refractivity contribution is 0.366. The molecule has 2 N–H and O–H groups in total. The van der Waals surface area contributed by atoms with Crippen molar-refractivity contribution in [3.05, 3.63) is 35.2 Å². The number of hydrogen-bond donors (Lipinski definition) is 1. The Hall–Kier alpha value is -1.62.